The highest BCUT2D eigenvalue weighted by atomic mass is 16.6. The van der Waals surface area contributed by atoms with Crippen LogP contribution in [0.5, 0.6) is 0 Å². The number of hydrogen-bond donors (Lipinski definition) is 1. The minimum atomic E-state index is -1.25. The van der Waals surface area contributed by atoms with Crippen molar-refractivity contribution < 1.29 is 33.3 Å². The molecule has 2 heterocycles. The van der Waals surface area contributed by atoms with Crippen LogP contribution in [0.4, 0.5) is 0 Å². The van der Waals surface area contributed by atoms with Crippen molar-refractivity contribution in [2.45, 2.75) is 26.3 Å². The molecule has 23 heavy (non-hydrogen) atoms. The highest BCUT2D eigenvalue weighted by molar-refractivity contribution is 6.06. The van der Waals surface area contributed by atoms with Crippen molar-refractivity contribution in [1.82, 2.24) is 5.32 Å². The first-order valence-electron chi connectivity index (χ1n) is 6.96. The Kier molecular flexibility index (Phi) is 4.35. The number of cyclic esters (lactones) is 1. The number of nitrogens with one attached hydrogen (secondary N) is 1. The van der Waals surface area contributed by atoms with Crippen LogP contribution in [0.3, 0.4) is 0 Å². The van der Waals surface area contributed by atoms with Crippen LogP contribution in [0.1, 0.15) is 20.8 Å². The number of esters is 3. The molecule has 2 aliphatic heterocycles. The van der Waals surface area contributed by atoms with Crippen LogP contribution in [0.15, 0.2) is 22.8 Å². The van der Waals surface area contributed by atoms with Gasteiger partial charge in [-0.2, -0.15) is 0 Å². The molecule has 0 aromatic carbocycles. The molecule has 2 aliphatic rings. The average Bonchev–Trinajstić information content (AvgIpc) is 2.83. The quantitative estimate of drug-likeness (QED) is 0.587. The minimum absolute atomic E-state index is 0.0308. The SMILES string of the molecule is COC(=O)C1=C(NC(C)(C)C)OC2=C(C(=O)OC2)C1C(=O)OC. The molecule has 0 saturated heterocycles. The van der Waals surface area contributed by atoms with Crippen LogP contribution in [-0.2, 0) is 33.3 Å². The van der Waals surface area contributed by atoms with Gasteiger partial charge in [0.25, 0.3) is 0 Å². The maximum Gasteiger partial charge on any atom is 0.340 e. The second-order valence-corrected chi connectivity index (χ2v) is 6.08. The Morgan fingerprint density at radius 3 is 2.39 bits per heavy atom. The molecule has 8 nitrogen and oxygen atoms in total. The van der Waals surface area contributed by atoms with E-state index in [1.54, 1.807) is 0 Å². The van der Waals surface area contributed by atoms with Gasteiger partial charge >= 0.3 is 17.9 Å². The molecule has 8 heteroatoms. The summed E-state index contributed by atoms with van der Waals surface area (Å²) >= 11 is 0. The van der Waals surface area contributed by atoms with Gasteiger partial charge in [-0.15, -0.1) is 0 Å². The second kappa shape index (κ2) is 5.94. The van der Waals surface area contributed by atoms with E-state index in [9.17, 15) is 14.4 Å². The number of ether oxygens (including phenoxy) is 4. The van der Waals surface area contributed by atoms with Crippen molar-refractivity contribution >= 4 is 17.9 Å². The average molecular weight is 325 g/mol. The third-order valence-corrected chi connectivity index (χ3v) is 3.23. The summed E-state index contributed by atoms with van der Waals surface area (Å²) in [6, 6.07) is 0. The number of rotatable bonds is 3. The summed E-state index contributed by atoms with van der Waals surface area (Å²) in [5.74, 6) is -3.30. The Balaban J connectivity index is 2.59. The molecular weight excluding hydrogens is 306 g/mol. The molecule has 1 atom stereocenters. The fourth-order valence-electron chi connectivity index (χ4n) is 2.32. The molecule has 0 aliphatic carbocycles. The predicted molar refractivity (Wildman–Crippen MR) is 76.5 cm³/mol. The maximum atomic E-state index is 12.2. The first kappa shape index (κ1) is 16.9. The molecule has 0 spiro atoms. The summed E-state index contributed by atoms with van der Waals surface area (Å²) < 4.78 is 20.0. The number of hydrogen-bond acceptors (Lipinski definition) is 8. The normalized spacial score (nSPS) is 20.6. The van der Waals surface area contributed by atoms with E-state index in [-0.39, 0.29) is 29.4 Å². The Bertz CT molecular complexity index is 624. The molecule has 0 fully saturated rings. The molecule has 0 aromatic heterocycles. The Labute approximate surface area is 133 Å². The van der Waals surface area contributed by atoms with Crippen LogP contribution < -0.4 is 5.32 Å². The summed E-state index contributed by atoms with van der Waals surface area (Å²) in [5.41, 5.74) is -0.611. The van der Waals surface area contributed by atoms with E-state index in [0.717, 1.165) is 0 Å². The van der Waals surface area contributed by atoms with Crippen LogP contribution in [0.25, 0.3) is 0 Å². The van der Waals surface area contributed by atoms with E-state index < -0.39 is 29.4 Å². The van der Waals surface area contributed by atoms with Crippen LogP contribution in [0, 0.1) is 5.92 Å². The van der Waals surface area contributed by atoms with Crippen molar-refractivity contribution in [3.63, 3.8) is 0 Å². The monoisotopic (exact) mass is 325 g/mol. The standard InChI is InChI=1S/C15H19NO7/c1-15(2,3)16-11-10(13(18)21-5)9(12(17)20-4)8-7(23-11)6-22-14(8)19/h9,16H,6H2,1-5H3. The summed E-state index contributed by atoms with van der Waals surface area (Å²) in [7, 11) is 2.35. The zero-order chi connectivity index (χ0) is 17.4. The van der Waals surface area contributed by atoms with Gasteiger partial charge in [0.1, 0.15) is 18.1 Å². The van der Waals surface area contributed by atoms with Crippen LogP contribution in [0.2, 0.25) is 0 Å². The number of carbonyl (C=O) groups excluding carboxylic acids is 3. The molecule has 1 N–H and O–H groups in total. The third kappa shape index (κ3) is 3.15. The van der Waals surface area contributed by atoms with Gasteiger partial charge in [-0.05, 0) is 20.8 Å². The van der Waals surface area contributed by atoms with Crippen LogP contribution >= 0.6 is 0 Å². The van der Waals surface area contributed by atoms with Crippen molar-refractivity contribution in [2.24, 2.45) is 5.92 Å². The van der Waals surface area contributed by atoms with Crippen molar-refractivity contribution in [2.75, 3.05) is 20.8 Å². The van der Waals surface area contributed by atoms with E-state index in [1.807, 2.05) is 20.8 Å². The lowest BCUT2D eigenvalue weighted by atomic mass is 9.88. The zero-order valence-corrected chi connectivity index (χ0v) is 13.6. The summed E-state index contributed by atoms with van der Waals surface area (Å²) in [5, 5.41) is 3.01. The highest BCUT2D eigenvalue weighted by Crippen LogP contribution is 2.38. The topological polar surface area (TPSA) is 100 Å². The van der Waals surface area contributed by atoms with Gasteiger partial charge in [-0.1, -0.05) is 0 Å². The predicted octanol–water partition coefficient (Wildman–Crippen LogP) is 0.389. The van der Waals surface area contributed by atoms with Gasteiger partial charge in [-0.25, -0.2) is 9.59 Å². The van der Waals surface area contributed by atoms with Crippen molar-refractivity contribution in [1.29, 1.82) is 0 Å². The van der Waals surface area contributed by atoms with E-state index in [2.05, 4.69) is 5.32 Å². The lowest BCUT2D eigenvalue weighted by molar-refractivity contribution is -0.148. The molecular formula is C15H19NO7. The molecule has 0 radical (unpaired) electrons. The van der Waals surface area contributed by atoms with Crippen molar-refractivity contribution in [3.8, 4) is 0 Å². The second-order valence-electron chi connectivity index (χ2n) is 6.08. The number of methoxy groups -OCH3 is 2. The third-order valence-electron chi connectivity index (χ3n) is 3.23. The summed E-state index contributed by atoms with van der Waals surface area (Å²) in [6.45, 7) is 5.45. The van der Waals surface area contributed by atoms with Gasteiger partial charge in [0, 0.05) is 5.54 Å². The maximum absolute atomic E-state index is 12.2. The molecule has 0 amide bonds. The Morgan fingerprint density at radius 2 is 1.87 bits per heavy atom. The van der Waals surface area contributed by atoms with Gasteiger partial charge in [-0.3, -0.25) is 4.79 Å². The minimum Gasteiger partial charge on any atom is -0.468 e. The largest absolute Gasteiger partial charge is 0.468 e. The lowest BCUT2D eigenvalue weighted by Crippen LogP contribution is -2.41. The molecule has 126 valence electrons. The zero-order valence-electron chi connectivity index (χ0n) is 13.6. The van der Waals surface area contributed by atoms with E-state index >= 15 is 0 Å². The molecule has 0 bridgehead atoms. The number of carbonyl (C=O) groups is 3. The Morgan fingerprint density at radius 1 is 1.22 bits per heavy atom. The fourth-order valence-corrected chi connectivity index (χ4v) is 2.32. The Hall–Kier alpha value is -2.51. The first-order valence-corrected chi connectivity index (χ1v) is 6.96. The van der Waals surface area contributed by atoms with E-state index in [4.69, 9.17) is 18.9 Å². The highest BCUT2D eigenvalue weighted by Gasteiger charge is 2.48. The fraction of sp³-hybridized carbons (Fsp3) is 0.533. The lowest BCUT2D eigenvalue weighted by Gasteiger charge is -2.30. The molecule has 0 saturated carbocycles. The van der Waals surface area contributed by atoms with Gasteiger partial charge in [0.2, 0.25) is 5.88 Å². The smallest absolute Gasteiger partial charge is 0.340 e. The molecule has 0 aromatic rings. The van der Waals surface area contributed by atoms with Crippen LogP contribution in [-0.4, -0.2) is 44.3 Å². The van der Waals surface area contributed by atoms with E-state index in [1.165, 1.54) is 14.2 Å². The van der Waals surface area contributed by atoms with E-state index in [0.29, 0.717) is 0 Å². The van der Waals surface area contributed by atoms with Crippen molar-refractivity contribution in [3.05, 3.63) is 22.8 Å². The van der Waals surface area contributed by atoms with Gasteiger partial charge in [0.15, 0.2) is 5.76 Å². The first-order chi connectivity index (χ1) is 10.7. The molecule has 2 rings (SSSR count). The molecule has 1 unspecified atom stereocenters. The van der Waals surface area contributed by atoms with Gasteiger partial charge in [0.05, 0.1) is 19.8 Å². The summed E-state index contributed by atoms with van der Waals surface area (Å²) in [6.07, 6.45) is 0. The van der Waals surface area contributed by atoms with Gasteiger partial charge < -0.3 is 24.3 Å². The summed E-state index contributed by atoms with van der Waals surface area (Å²) in [4.78, 5) is 36.3.